The summed E-state index contributed by atoms with van der Waals surface area (Å²) < 4.78 is 37.1. The van der Waals surface area contributed by atoms with Gasteiger partial charge in [-0.2, -0.15) is 0 Å². The Morgan fingerprint density at radius 3 is 2.66 bits per heavy atom. The van der Waals surface area contributed by atoms with Crippen molar-refractivity contribution >= 4 is 16.5 Å². The minimum Gasteiger partial charge on any atom is -0.508 e. The van der Waals surface area contributed by atoms with Gasteiger partial charge in [-0.1, -0.05) is 35.4 Å². The highest BCUT2D eigenvalue weighted by molar-refractivity contribution is 8.28. The van der Waals surface area contributed by atoms with Crippen LogP contribution in [0, 0.1) is 5.82 Å². The minimum absolute atomic E-state index is 0.193. The summed E-state index contributed by atoms with van der Waals surface area (Å²) in [5, 5.41) is 11.8. The summed E-state index contributed by atoms with van der Waals surface area (Å²) in [5.74, 6) is 0.488. The van der Waals surface area contributed by atoms with Crippen molar-refractivity contribution in [1.82, 2.24) is 4.90 Å². The number of rotatable bonds is 4. The molecule has 2 aromatic carbocycles. The highest BCUT2D eigenvalue weighted by Crippen LogP contribution is 2.60. The Morgan fingerprint density at radius 2 is 1.97 bits per heavy atom. The number of benzene rings is 2. The molecule has 2 aliphatic heterocycles. The summed E-state index contributed by atoms with van der Waals surface area (Å²) in [6.07, 6.45) is 6.87. The van der Waals surface area contributed by atoms with Crippen LogP contribution in [0.2, 0.25) is 0 Å². The van der Waals surface area contributed by atoms with Crippen molar-refractivity contribution in [3.63, 3.8) is 0 Å². The summed E-state index contributed by atoms with van der Waals surface area (Å²) >= 11 is 0. The number of hydrogen-bond acceptors (Lipinski definition) is 5. The first kappa shape index (κ1) is 21.8. The van der Waals surface area contributed by atoms with Gasteiger partial charge in [0, 0.05) is 24.5 Å². The molecule has 5 rings (SSSR count). The fourth-order valence-electron chi connectivity index (χ4n) is 5.48. The van der Waals surface area contributed by atoms with Gasteiger partial charge in [-0.05, 0) is 80.0 Å². The van der Waals surface area contributed by atoms with E-state index in [1.54, 1.807) is 16.4 Å². The monoisotopic (exact) mass is 458 g/mol. The van der Waals surface area contributed by atoms with Gasteiger partial charge < -0.3 is 5.11 Å². The first-order valence-electron chi connectivity index (χ1n) is 11.4. The standard InChI is InChI=1S/C25H31FN2O3S/c1-18-16-25(11-13-32(30,31)28(25)22-7-3-6-21(26)15-22)10-12-27(18)17-19-8-9-24(29)23(14-19)20-4-2-5-20/h3,6-9,11,13-15,18,20,29-31H,2,4-5,10,12,16-17H2,1H3/t18-,25-/m0/s1. The van der Waals surface area contributed by atoms with Crippen LogP contribution < -0.4 is 4.31 Å². The second-order valence-corrected chi connectivity index (χ2v) is 11.3. The molecule has 32 heavy (non-hydrogen) atoms. The van der Waals surface area contributed by atoms with Gasteiger partial charge in [0.25, 0.3) is 0 Å². The minimum atomic E-state index is -3.14. The van der Waals surface area contributed by atoms with E-state index < -0.39 is 16.3 Å². The third kappa shape index (κ3) is 3.81. The number of phenols is 1. The SMILES string of the molecule is C[C@H]1C[C@@]2(C=CS(O)(O)N2c2cccc(F)c2)CCN1Cc1ccc(O)c(C2CCC2)c1. The van der Waals surface area contributed by atoms with Crippen molar-refractivity contribution in [3.05, 3.63) is 70.9 Å². The quantitative estimate of drug-likeness (QED) is 0.507. The van der Waals surface area contributed by atoms with Crippen molar-refractivity contribution in [2.45, 2.75) is 63.1 Å². The first-order chi connectivity index (χ1) is 15.3. The maximum Gasteiger partial charge on any atom is 0.125 e. The van der Waals surface area contributed by atoms with Gasteiger partial charge in [-0.3, -0.25) is 18.3 Å². The van der Waals surface area contributed by atoms with Crippen molar-refractivity contribution in [1.29, 1.82) is 0 Å². The van der Waals surface area contributed by atoms with E-state index in [9.17, 15) is 18.6 Å². The summed E-state index contributed by atoms with van der Waals surface area (Å²) in [6.45, 7) is 3.74. The number of likely N-dealkylation sites (tertiary alicyclic amines) is 1. The third-order valence-corrected chi connectivity index (χ3v) is 9.02. The Kier molecular flexibility index (Phi) is 5.48. The number of piperidine rings is 1. The van der Waals surface area contributed by atoms with E-state index in [-0.39, 0.29) is 11.9 Å². The molecule has 0 aromatic heterocycles. The average molecular weight is 459 g/mol. The Labute approximate surface area is 190 Å². The molecule has 1 saturated heterocycles. The molecule has 1 spiro atoms. The number of halogens is 1. The molecular formula is C25H31FN2O3S. The smallest absolute Gasteiger partial charge is 0.125 e. The van der Waals surface area contributed by atoms with E-state index in [2.05, 4.69) is 17.9 Å². The summed E-state index contributed by atoms with van der Waals surface area (Å²) in [4.78, 5) is 2.41. The van der Waals surface area contributed by atoms with Gasteiger partial charge in [-0.15, -0.1) is 0 Å². The Hall–Kier alpha value is -2.06. The molecule has 0 bridgehead atoms. The van der Waals surface area contributed by atoms with E-state index in [0.717, 1.165) is 31.5 Å². The lowest BCUT2D eigenvalue weighted by Gasteiger charge is -2.52. The van der Waals surface area contributed by atoms with Gasteiger partial charge in [-0.25, -0.2) is 4.39 Å². The third-order valence-electron chi connectivity index (χ3n) is 7.40. The second kappa shape index (κ2) is 8.06. The van der Waals surface area contributed by atoms with Crippen molar-refractivity contribution in [2.24, 2.45) is 0 Å². The fraction of sp³-hybridized carbons (Fsp3) is 0.440. The summed E-state index contributed by atoms with van der Waals surface area (Å²) in [6, 6.07) is 12.3. The molecule has 2 aromatic rings. The van der Waals surface area contributed by atoms with Crippen LogP contribution in [0.15, 0.2) is 53.9 Å². The fourth-order valence-corrected chi connectivity index (χ4v) is 7.23. The lowest BCUT2D eigenvalue weighted by atomic mass is 9.79. The van der Waals surface area contributed by atoms with Crippen LogP contribution in [-0.4, -0.2) is 37.2 Å². The molecule has 0 radical (unpaired) electrons. The summed E-state index contributed by atoms with van der Waals surface area (Å²) in [7, 11) is -3.14. The number of aromatic hydroxyl groups is 1. The van der Waals surface area contributed by atoms with Crippen LogP contribution in [-0.2, 0) is 6.54 Å². The molecule has 5 nitrogen and oxygen atoms in total. The lowest BCUT2D eigenvalue weighted by molar-refractivity contribution is 0.119. The largest absolute Gasteiger partial charge is 0.508 e. The molecule has 2 fully saturated rings. The van der Waals surface area contributed by atoms with E-state index in [4.69, 9.17) is 0 Å². The zero-order valence-corrected chi connectivity index (χ0v) is 19.1. The van der Waals surface area contributed by atoms with Crippen LogP contribution in [0.25, 0.3) is 0 Å². The first-order valence-corrected chi connectivity index (χ1v) is 12.9. The van der Waals surface area contributed by atoms with Crippen molar-refractivity contribution in [2.75, 3.05) is 10.8 Å². The van der Waals surface area contributed by atoms with Gasteiger partial charge >= 0.3 is 0 Å². The maximum atomic E-state index is 13.9. The Bertz CT molecular complexity index is 1040. The van der Waals surface area contributed by atoms with E-state index in [1.807, 2.05) is 18.2 Å². The lowest BCUT2D eigenvalue weighted by Crippen LogP contribution is -2.55. The van der Waals surface area contributed by atoms with Crippen molar-refractivity contribution in [3.8, 4) is 5.75 Å². The van der Waals surface area contributed by atoms with E-state index in [1.165, 1.54) is 29.5 Å². The number of hydrogen-bond donors (Lipinski definition) is 3. The molecule has 3 aliphatic rings. The van der Waals surface area contributed by atoms with Gasteiger partial charge in [0.1, 0.15) is 11.6 Å². The van der Waals surface area contributed by atoms with Crippen LogP contribution in [0.5, 0.6) is 5.75 Å². The molecule has 3 N–H and O–H groups in total. The predicted octanol–water partition coefficient (Wildman–Crippen LogP) is 6.22. The predicted molar refractivity (Wildman–Crippen MR) is 127 cm³/mol. The highest BCUT2D eigenvalue weighted by atomic mass is 32.3. The Morgan fingerprint density at radius 1 is 1.16 bits per heavy atom. The molecule has 0 amide bonds. The molecule has 7 heteroatoms. The Balaban J connectivity index is 1.35. The van der Waals surface area contributed by atoms with Crippen molar-refractivity contribution < 1.29 is 18.6 Å². The van der Waals surface area contributed by atoms with Gasteiger partial charge in [0.15, 0.2) is 0 Å². The molecular weight excluding hydrogens is 427 g/mol. The molecule has 172 valence electrons. The van der Waals surface area contributed by atoms with Crippen LogP contribution in [0.1, 0.15) is 56.1 Å². The highest BCUT2D eigenvalue weighted by Gasteiger charge is 2.49. The number of nitrogens with zero attached hydrogens (tertiary/aromatic N) is 2. The molecule has 1 saturated carbocycles. The van der Waals surface area contributed by atoms with Crippen LogP contribution in [0.4, 0.5) is 10.1 Å². The molecule has 0 unspecified atom stereocenters. The number of phenolic OH excluding ortho intramolecular Hbond substituents is 1. The molecule has 2 atom stereocenters. The molecule has 1 aliphatic carbocycles. The summed E-state index contributed by atoms with van der Waals surface area (Å²) in [5.41, 5.74) is 2.22. The average Bonchev–Trinajstić information content (AvgIpc) is 2.95. The van der Waals surface area contributed by atoms with Gasteiger partial charge in [0.05, 0.1) is 11.2 Å². The number of anilines is 1. The normalized spacial score (nSPS) is 28.8. The van der Waals surface area contributed by atoms with E-state index in [0.29, 0.717) is 30.2 Å². The van der Waals surface area contributed by atoms with Gasteiger partial charge in [0.2, 0.25) is 0 Å². The zero-order chi connectivity index (χ0) is 22.5. The maximum absolute atomic E-state index is 13.9. The second-order valence-electron chi connectivity index (χ2n) is 9.54. The van der Waals surface area contributed by atoms with E-state index >= 15 is 0 Å². The van der Waals surface area contributed by atoms with Crippen LogP contribution >= 0.6 is 10.8 Å². The van der Waals surface area contributed by atoms with Crippen LogP contribution in [0.3, 0.4) is 0 Å². The topological polar surface area (TPSA) is 67.2 Å². The molecule has 2 heterocycles. The zero-order valence-electron chi connectivity index (χ0n) is 18.3.